The van der Waals surface area contributed by atoms with Crippen LogP contribution < -0.4 is 10.6 Å². The molecule has 2 N–H and O–H groups in total. The van der Waals surface area contributed by atoms with Crippen molar-refractivity contribution < 1.29 is 30.5 Å². The molecule has 40 heavy (non-hydrogen) atoms. The van der Waals surface area contributed by atoms with Gasteiger partial charge in [0.2, 0.25) is 21.7 Å². The molecule has 0 unspecified atom stereocenters. The molecule has 2 saturated heterocycles. The Morgan fingerprint density at radius 2 is 1.55 bits per heavy atom. The third-order valence-corrected chi connectivity index (χ3v) is 10.2. The second-order valence-corrected chi connectivity index (χ2v) is 13.6. The van der Waals surface area contributed by atoms with Gasteiger partial charge in [-0.3, -0.25) is 10.1 Å². The zero-order chi connectivity index (χ0) is 28.8. The monoisotopic (exact) mass is 594 g/mol. The van der Waals surface area contributed by atoms with Crippen LogP contribution in [-0.4, -0.2) is 60.4 Å². The summed E-state index contributed by atoms with van der Waals surface area (Å²) in [6.07, 6.45) is 3.89. The Balaban J connectivity index is 1.37. The standard InChI is InChI=1S/C24H24F2N6O6S2/c1-39(35,36)19-8-9-21(20(26)12-19)30-24-22(32(33)34)23(27-13-28-24)29-15-10-16-4-5-17(11-15)31(16)40(37,38)18-6-2-14(25)3-7-18/h2-3,6-9,12-13,15-17H,4-5,10-11H2,1H3,(H2,27,28,29,30)/t16-,17-/m1/s1. The highest BCUT2D eigenvalue weighted by molar-refractivity contribution is 7.90. The molecule has 5 rings (SSSR count). The van der Waals surface area contributed by atoms with Crippen LogP contribution in [0, 0.1) is 21.7 Å². The number of fused-ring (bicyclic) bond motifs is 2. The van der Waals surface area contributed by atoms with Gasteiger partial charge in [-0.2, -0.15) is 4.31 Å². The van der Waals surface area contributed by atoms with E-state index in [0.717, 1.165) is 42.9 Å². The molecule has 0 amide bonds. The number of aromatic nitrogens is 2. The first-order valence-corrected chi connectivity index (χ1v) is 15.5. The van der Waals surface area contributed by atoms with E-state index < -0.39 is 42.1 Å². The largest absolute Gasteiger partial charge is 0.361 e. The molecule has 2 atom stereocenters. The number of nitro groups is 1. The van der Waals surface area contributed by atoms with Crippen molar-refractivity contribution in [2.45, 2.75) is 53.6 Å². The fourth-order valence-electron chi connectivity index (χ4n) is 5.27. The number of anilines is 3. The number of nitrogens with zero attached hydrogens (tertiary/aromatic N) is 4. The molecule has 2 fully saturated rings. The summed E-state index contributed by atoms with van der Waals surface area (Å²) in [5.74, 6) is -1.93. The van der Waals surface area contributed by atoms with Gasteiger partial charge in [-0.25, -0.2) is 35.6 Å². The first-order valence-electron chi connectivity index (χ1n) is 12.2. The van der Waals surface area contributed by atoms with Crippen molar-refractivity contribution in [1.82, 2.24) is 14.3 Å². The molecule has 2 bridgehead atoms. The molecule has 16 heteroatoms. The molecular formula is C24H24F2N6O6S2. The van der Waals surface area contributed by atoms with E-state index in [9.17, 15) is 35.7 Å². The number of sulfone groups is 1. The number of hydrogen-bond donors (Lipinski definition) is 2. The van der Waals surface area contributed by atoms with Gasteiger partial charge in [-0.15, -0.1) is 0 Å². The van der Waals surface area contributed by atoms with Gasteiger partial charge in [0, 0.05) is 24.4 Å². The van der Waals surface area contributed by atoms with Crippen molar-refractivity contribution in [3.8, 4) is 0 Å². The van der Waals surface area contributed by atoms with Crippen LogP contribution in [0.25, 0.3) is 0 Å². The number of hydrogen-bond acceptors (Lipinski definition) is 10. The fourth-order valence-corrected chi connectivity index (χ4v) is 7.79. The molecule has 0 saturated carbocycles. The number of sulfonamides is 1. The second-order valence-electron chi connectivity index (χ2n) is 9.70. The molecule has 2 aromatic carbocycles. The summed E-state index contributed by atoms with van der Waals surface area (Å²) < 4.78 is 79.4. The average Bonchev–Trinajstić information content (AvgIpc) is 3.16. The van der Waals surface area contributed by atoms with Crippen LogP contribution in [0.15, 0.2) is 58.6 Å². The van der Waals surface area contributed by atoms with Crippen molar-refractivity contribution in [1.29, 1.82) is 0 Å². The molecule has 212 valence electrons. The lowest BCUT2D eigenvalue weighted by atomic mass is 10.00. The van der Waals surface area contributed by atoms with Gasteiger partial charge in [-0.05, 0) is 68.1 Å². The zero-order valence-electron chi connectivity index (χ0n) is 21.0. The molecule has 2 aliphatic heterocycles. The highest BCUT2D eigenvalue weighted by Gasteiger charge is 2.47. The number of halogens is 2. The van der Waals surface area contributed by atoms with Gasteiger partial charge < -0.3 is 10.6 Å². The molecule has 3 heterocycles. The third-order valence-electron chi connectivity index (χ3n) is 7.02. The van der Waals surface area contributed by atoms with Gasteiger partial charge >= 0.3 is 5.69 Å². The van der Waals surface area contributed by atoms with Gasteiger partial charge in [0.25, 0.3) is 0 Å². The Kier molecular flexibility index (Phi) is 7.18. The number of benzene rings is 2. The van der Waals surface area contributed by atoms with Gasteiger partial charge in [0.15, 0.2) is 9.84 Å². The first-order chi connectivity index (χ1) is 18.8. The van der Waals surface area contributed by atoms with E-state index in [4.69, 9.17) is 0 Å². The summed E-state index contributed by atoms with van der Waals surface area (Å²) in [6, 6.07) is 6.65. The summed E-state index contributed by atoms with van der Waals surface area (Å²) in [7, 11) is -7.53. The van der Waals surface area contributed by atoms with E-state index in [1.165, 1.54) is 16.4 Å². The second kappa shape index (κ2) is 10.3. The van der Waals surface area contributed by atoms with Crippen LogP contribution in [-0.2, 0) is 19.9 Å². The summed E-state index contributed by atoms with van der Waals surface area (Å²) >= 11 is 0. The lowest BCUT2D eigenvalue weighted by molar-refractivity contribution is -0.383. The van der Waals surface area contributed by atoms with E-state index in [1.807, 2.05) is 0 Å². The van der Waals surface area contributed by atoms with E-state index >= 15 is 0 Å². The van der Waals surface area contributed by atoms with Gasteiger partial charge in [0.1, 0.15) is 18.0 Å². The Morgan fingerprint density at radius 1 is 0.950 bits per heavy atom. The first kappa shape index (κ1) is 27.8. The van der Waals surface area contributed by atoms with Crippen LogP contribution in [0.3, 0.4) is 0 Å². The van der Waals surface area contributed by atoms with E-state index in [2.05, 4.69) is 20.6 Å². The Bertz CT molecular complexity index is 1670. The van der Waals surface area contributed by atoms with Crippen molar-refractivity contribution in [3.63, 3.8) is 0 Å². The molecule has 0 aliphatic carbocycles. The summed E-state index contributed by atoms with van der Waals surface area (Å²) in [5.41, 5.74) is -0.777. The lowest BCUT2D eigenvalue weighted by Crippen LogP contribution is -2.49. The number of rotatable bonds is 8. The predicted molar refractivity (Wildman–Crippen MR) is 140 cm³/mol. The molecular weight excluding hydrogens is 570 g/mol. The number of piperidine rings is 1. The van der Waals surface area contributed by atoms with Crippen LogP contribution in [0.2, 0.25) is 0 Å². The molecule has 3 aromatic rings. The predicted octanol–water partition coefficient (Wildman–Crippen LogP) is 3.61. The Morgan fingerprint density at radius 3 is 2.12 bits per heavy atom. The van der Waals surface area contributed by atoms with E-state index in [-0.39, 0.29) is 45.2 Å². The molecule has 1 aromatic heterocycles. The normalized spacial score (nSPS) is 21.2. The topological polar surface area (TPSA) is 164 Å². The summed E-state index contributed by atoms with van der Waals surface area (Å²) in [5, 5.41) is 17.6. The maximum atomic E-state index is 14.6. The molecule has 0 radical (unpaired) electrons. The Labute approximate surface area is 228 Å². The molecule has 12 nitrogen and oxygen atoms in total. The summed E-state index contributed by atoms with van der Waals surface area (Å²) in [4.78, 5) is 18.9. The maximum absolute atomic E-state index is 14.6. The zero-order valence-corrected chi connectivity index (χ0v) is 22.6. The lowest BCUT2D eigenvalue weighted by Gasteiger charge is -2.38. The van der Waals surface area contributed by atoms with Crippen LogP contribution in [0.4, 0.5) is 31.8 Å². The summed E-state index contributed by atoms with van der Waals surface area (Å²) in [6.45, 7) is 0. The fraction of sp³-hybridized carbons (Fsp3) is 0.333. The quantitative estimate of drug-likeness (QED) is 0.291. The highest BCUT2D eigenvalue weighted by Crippen LogP contribution is 2.41. The SMILES string of the molecule is CS(=O)(=O)c1ccc(Nc2ncnc(NC3C[C@H]4CC[C@H](C3)N4S(=O)(=O)c3ccc(F)cc3)c2[N+](=O)[O-])c(F)c1. The Hall–Kier alpha value is -3.76. The van der Waals surface area contributed by atoms with Gasteiger partial charge in [0.05, 0.1) is 20.4 Å². The molecule has 2 aliphatic rings. The minimum Gasteiger partial charge on any atom is -0.361 e. The van der Waals surface area contributed by atoms with Crippen LogP contribution >= 0.6 is 0 Å². The van der Waals surface area contributed by atoms with Crippen molar-refractivity contribution in [3.05, 3.63) is 70.5 Å². The smallest absolute Gasteiger partial charge is 0.353 e. The van der Waals surface area contributed by atoms with Crippen LogP contribution in [0.1, 0.15) is 25.7 Å². The van der Waals surface area contributed by atoms with E-state index in [0.29, 0.717) is 25.7 Å². The minimum atomic E-state index is -3.87. The van der Waals surface area contributed by atoms with E-state index in [1.54, 1.807) is 0 Å². The molecule has 0 spiro atoms. The highest BCUT2D eigenvalue weighted by atomic mass is 32.2. The van der Waals surface area contributed by atoms with Crippen molar-refractivity contribution in [2.24, 2.45) is 0 Å². The minimum absolute atomic E-state index is 0.00355. The van der Waals surface area contributed by atoms with Crippen LogP contribution in [0.5, 0.6) is 0 Å². The van der Waals surface area contributed by atoms with Crippen molar-refractivity contribution in [2.75, 3.05) is 16.9 Å². The van der Waals surface area contributed by atoms with Crippen molar-refractivity contribution >= 4 is 42.9 Å². The average molecular weight is 595 g/mol. The third kappa shape index (κ3) is 5.33. The number of nitrogens with one attached hydrogen (secondary N) is 2. The maximum Gasteiger partial charge on any atom is 0.353 e. The van der Waals surface area contributed by atoms with Gasteiger partial charge in [-0.1, -0.05) is 0 Å².